The maximum atomic E-state index is 13.0. The fourth-order valence-corrected chi connectivity index (χ4v) is 4.47. The fraction of sp³-hybridized carbons (Fsp3) is 0.381. The van der Waals surface area contributed by atoms with Gasteiger partial charge in [0.1, 0.15) is 19.3 Å². The number of hydrogen-bond donors (Lipinski definition) is 1. The van der Waals surface area contributed by atoms with Crippen LogP contribution >= 0.6 is 0 Å². The predicted octanol–water partition coefficient (Wildman–Crippen LogP) is 3.26. The van der Waals surface area contributed by atoms with Crippen molar-refractivity contribution < 1.29 is 22.7 Å². The van der Waals surface area contributed by atoms with Crippen molar-refractivity contribution in [3.63, 3.8) is 0 Å². The standard InChI is InChI=1S/C21H26N2O5S/c1-5-18(23(29(4,25)26)17-8-6-14(2)15(3)12-17)21(24)22-16-7-9-19-20(13-16)28-11-10-27-19/h6-9,12-13,18H,5,10-11H2,1-4H3,(H,22,24)/t18-/m0/s1. The van der Waals surface area contributed by atoms with Crippen LogP contribution in [0.4, 0.5) is 11.4 Å². The zero-order valence-corrected chi connectivity index (χ0v) is 17.9. The van der Waals surface area contributed by atoms with Gasteiger partial charge in [0.05, 0.1) is 11.9 Å². The molecule has 0 unspecified atom stereocenters. The Labute approximate surface area is 171 Å². The Kier molecular flexibility index (Phi) is 6.02. The van der Waals surface area contributed by atoms with Crippen molar-refractivity contribution in [2.24, 2.45) is 0 Å². The van der Waals surface area contributed by atoms with E-state index in [-0.39, 0.29) is 0 Å². The number of carbonyl (C=O) groups excluding carboxylic acids is 1. The summed E-state index contributed by atoms with van der Waals surface area (Å²) in [7, 11) is -3.68. The van der Waals surface area contributed by atoms with Gasteiger partial charge in [-0.1, -0.05) is 13.0 Å². The number of rotatable bonds is 6. The quantitative estimate of drug-likeness (QED) is 0.778. The molecule has 0 saturated carbocycles. The molecule has 0 radical (unpaired) electrons. The van der Waals surface area contributed by atoms with Gasteiger partial charge in [-0.25, -0.2) is 8.42 Å². The molecule has 29 heavy (non-hydrogen) atoms. The summed E-state index contributed by atoms with van der Waals surface area (Å²) in [6, 6.07) is 9.59. The molecule has 1 amide bonds. The van der Waals surface area contributed by atoms with Crippen LogP contribution < -0.4 is 19.1 Å². The van der Waals surface area contributed by atoms with E-state index in [0.717, 1.165) is 17.4 Å². The minimum Gasteiger partial charge on any atom is -0.486 e. The third kappa shape index (κ3) is 4.64. The summed E-state index contributed by atoms with van der Waals surface area (Å²) in [5, 5.41) is 2.81. The molecule has 1 aliphatic rings. The van der Waals surface area contributed by atoms with Crippen molar-refractivity contribution in [3.8, 4) is 11.5 Å². The number of hydrogen-bond acceptors (Lipinski definition) is 5. The summed E-state index contributed by atoms with van der Waals surface area (Å²) in [6.07, 6.45) is 1.43. The third-order valence-electron chi connectivity index (χ3n) is 4.88. The van der Waals surface area contributed by atoms with Crippen molar-refractivity contribution in [2.75, 3.05) is 29.1 Å². The minimum atomic E-state index is -3.68. The molecule has 0 aliphatic carbocycles. The van der Waals surface area contributed by atoms with E-state index < -0.39 is 22.0 Å². The molecule has 0 saturated heterocycles. The van der Waals surface area contributed by atoms with E-state index in [2.05, 4.69) is 5.32 Å². The van der Waals surface area contributed by atoms with E-state index in [0.29, 0.717) is 42.5 Å². The van der Waals surface area contributed by atoms with Gasteiger partial charge in [-0.15, -0.1) is 0 Å². The number of ether oxygens (including phenoxy) is 2. The molecule has 2 aromatic carbocycles. The second-order valence-electron chi connectivity index (χ2n) is 7.10. The average Bonchev–Trinajstić information content (AvgIpc) is 2.67. The van der Waals surface area contributed by atoms with Gasteiger partial charge < -0.3 is 14.8 Å². The lowest BCUT2D eigenvalue weighted by Gasteiger charge is -2.30. The smallest absolute Gasteiger partial charge is 0.248 e. The molecule has 8 heteroatoms. The number of nitrogens with one attached hydrogen (secondary N) is 1. The maximum absolute atomic E-state index is 13.0. The average molecular weight is 419 g/mol. The van der Waals surface area contributed by atoms with E-state index in [4.69, 9.17) is 9.47 Å². The van der Waals surface area contributed by atoms with Crippen molar-refractivity contribution >= 4 is 27.3 Å². The second-order valence-corrected chi connectivity index (χ2v) is 8.96. The first kappa shape index (κ1) is 21.0. The maximum Gasteiger partial charge on any atom is 0.248 e. The van der Waals surface area contributed by atoms with Crippen LogP contribution in [0.1, 0.15) is 24.5 Å². The Morgan fingerprint density at radius 1 is 1.07 bits per heavy atom. The van der Waals surface area contributed by atoms with Crippen molar-refractivity contribution in [3.05, 3.63) is 47.5 Å². The van der Waals surface area contributed by atoms with Gasteiger partial charge in [0, 0.05) is 11.8 Å². The molecule has 1 aliphatic heterocycles. The van der Waals surface area contributed by atoms with E-state index in [9.17, 15) is 13.2 Å². The Morgan fingerprint density at radius 2 is 1.76 bits per heavy atom. The number of amides is 1. The van der Waals surface area contributed by atoms with Crippen LogP contribution in [0.25, 0.3) is 0 Å². The van der Waals surface area contributed by atoms with Crippen molar-refractivity contribution in [2.45, 2.75) is 33.2 Å². The van der Waals surface area contributed by atoms with Crippen LogP contribution in [-0.2, 0) is 14.8 Å². The summed E-state index contributed by atoms with van der Waals surface area (Å²) in [5.41, 5.74) is 3.00. The van der Waals surface area contributed by atoms with Crippen molar-refractivity contribution in [1.82, 2.24) is 0 Å². The molecule has 1 atom stereocenters. The molecular weight excluding hydrogens is 392 g/mol. The predicted molar refractivity (Wildman–Crippen MR) is 113 cm³/mol. The Balaban J connectivity index is 1.90. The SMILES string of the molecule is CC[C@@H](C(=O)Nc1ccc2c(c1)OCCO2)N(c1ccc(C)c(C)c1)S(C)(=O)=O. The molecule has 0 fully saturated rings. The molecule has 0 bridgehead atoms. The zero-order chi connectivity index (χ0) is 21.2. The lowest BCUT2D eigenvalue weighted by Crippen LogP contribution is -2.47. The summed E-state index contributed by atoms with van der Waals surface area (Å²) < 4.78 is 37.4. The molecule has 0 aromatic heterocycles. The third-order valence-corrected chi connectivity index (χ3v) is 6.06. The molecule has 7 nitrogen and oxygen atoms in total. The molecule has 0 spiro atoms. The zero-order valence-electron chi connectivity index (χ0n) is 17.1. The molecule has 1 heterocycles. The Hall–Kier alpha value is -2.74. The topological polar surface area (TPSA) is 84.9 Å². The summed E-state index contributed by atoms with van der Waals surface area (Å²) in [4.78, 5) is 13.0. The normalized spacial score (nSPS) is 14.2. The van der Waals surface area contributed by atoms with Crippen LogP contribution in [0.15, 0.2) is 36.4 Å². The van der Waals surface area contributed by atoms with Gasteiger partial charge in [-0.2, -0.15) is 0 Å². The van der Waals surface area contributed by atoms with Crippen LogP contribution in [0, 0.1) is 13.8 Å². The lowest BCUT2D eigenvalue weighted by atomic mass is 10.1. The summed E-state index contributed by atoms with van der Waals surface area (Å²) in [6.45, 7) is 6.57. The number of fused-ring (bicyclic) bond motifs is 1. The van der Waals surface area contributed by atoms with Crippen LogP contribution in [0.3, 0.4) is 0 Å². The minimum absolute atomic E-state index is 0.316. The van der Waals surface area contributed by atoms with Gasteiger partial charge in [-0.3, -0.25) is 9.10 Å². The van der Waals surface area contributed by atoms with Gasteiger partial charge in [0.25, 0.3) is 0 Å². The van der Waals surface area contributed by atoms with E-state index in [1.54, 1.807) is 37.3 Å². The molecule has 2 aromatic rings. The number of carbonyl (C=O) groups is 1. The first-order valence-electron chi connectivity index (χ1n) is 9.48. The number of sulfonamides is 1. The largest absolute Gasteiger partial charge is 0.486 e. The number of anilines is 2. The highest BCUT2D eigenvalue weighted by Crippen LogP contribution is 2.33. The van der Waals surface area contributed by atoms with Crippen LogP contribution in [0.2, 0.25) is 0 Å². The van der Waals surface area contributed by atoms with Gasteiger partial charge in [0.15, 0.2) is 11.5 Å². The highest BCUT2D eigenvalue weighted by molar-refractivity contribution is 7.92. The van der Waals surface area contributed by atoms with E-state index >= 15 is 0 Å². The monoisotopic (exact) mass is 418 g/mol. The highest BCUT2D eigenvalue weighted by Gasteiger charge is 2.32. The second kappa shape index (κ2) is 8.32. The van der Waals surface area contributed by atoms with Gasteiger partial charge >= 0.3 is 0 Å². The number of aryl methyl sites for hydroxylation is 2. The van der Waals surface area contributed by atoms with E-state index in [1.165, 1.54) is 4.31 Å². The first-order valence-corrected chi connectivity index (χ1v) is 11.3. The van der Waals surface area contributed by atoms with Crippen LogP contribution in [0.5, 0.6) is 11.5 Å². The lowest BCUT2D eigenvalue weighted by molar-refractivity contribution is -0.117. The Morgan fingerprint density at radius 3 is 2.38 bits per heavy atom. The number of benzene rings is 2. The van der Waals surface area contributed by atoms with Crippen molar-refractivity contribution in [1.29, 1.82) is 0 Å². The molecular formula is C21H26N2O5S. The van der Waals surface area contributed by atoms with Gasteiger partial charge in [0.2, 0.25) is 15.9 Å². The molecule has 3 rings (SSSR count). The number of nitrogens with zero attached hydrogens (tertiary/aromatic N) is 1. The summed E-state index contributed by atoms with van der Waals surface area (Å²) >= 11 is 0. The Bertz CT molecular complexity index is 1020. The molecule has 1 N–H and O–H groups in total. The summed E-state index contributed by atoms with van der Waals surface area (Å²) in [5.74, 6) is 0.762. The van der Waals surface area contributed by atoms with E-state index in [1.807, 2.05) is 19.9 Å². The molecule has 156 valence electrons. The first-order chi connectivity index (χ1) is 13.7. The fourth-order valence-electron chi connectivity index (χ4n) is 3.27. The van der Waals surface area contributed by atoms with Gasteiger partial charge in [-0.05, 0) is 55.7 Å². The highest BCUT2D eigenvalue weighted by atomic mass is 32.2. The van der Waals surface area contributed by atoms with Crippen LogP contribution in [-0.4, -0.2) is 39.8 Å².